The minimum atomic E-state index is 1.66. The second kappa shape index (κ2) is 12.1. The lowest BCUT2D eigenvalue weighted by Crippen LogP contribution is -1.99. The van der Waals surface area contributed by atoms with Gasteiger partial charge in [0.15, 0.2) is 0 Å². The van der Waals surface area contributed by atoms with E-state index < -0.39 is 0 Å². The number of hydrogen-bond acceptors (Lipinski definition) is 11. The van der Waals surface area contributed by atoms with E-state index in [1.807, 2.05) is 0 Å². The van der Waals surface area contributed by atoms with E-state index in [4.69, 9.17) is 5.53 Å². The zero-order chi connectivity index (χ0) is 10.5. The highest BCUT2D eigenvalue weighted by Crippen LogP contribution is 1.92. The van der Waals surface area contributed by atoms with Gasteiger partial charge < -0.3 is 0 Å². The third kappa shape index (κ3) is 11.1. The first-order valence-corrected chi connectivity index (χ1v) is 2.85. The minimum absolute atomic E-state index is 1.66. The van der Waals surface area contributed by atoms with Crippen LogP contribution in [0.15, 0.2) is 15.7 Å². The van der Waals surface area contributed by atoms with Crippen molar-refractivity contribution in [1.29, 1.82) is 5.53 Å². The predicted octanol–water partition coefficient (Wildman–Crippen LogP) is 0.559. The molecule has 0 aliphatic heterocycles. The van der Waals surface area contributed by atoms with E-state index in [0.29, 0.717) is 0 Å². The van der Waals surface area contributed by atoms with E-state index >= 15 is 0 Å². The second-order valence-corrected chi connectivity index (χ2v) is 1.11. The number of rotatable bonds is 10. The summed E-state index contributed by atoms with van der Waals surface area (Å²) in [7, 11) is 1.66. The summed E-state index contributed by atoms with van der Waals surface area (Å²) in [5, 5.41) is 32.6. The third-order valence-corrected chi connectivity index (χ3v) is 0.430. The van der Waals surface area contributed by atoms with Gasteiger partial charge >= 0.3 is 0 Å². The number of nitrogens with zero attached hydrogens (tertiary/aromatic N) is 3. The van der Waals surface area contributed by atoms with Gasteiger partial charge in [0.1, 0.15) is 0 Å². The summed E-state index contributed by atoms with van der Waals surface area (Å²) in [5.41, 5.74) is 6.08. The number of hydrogen-bond donors (Lipinski definition) is 1. The van der Waals surface area contributed by atoms with Crippen LogP contribution in [0, 0.1) is 5.53 Å². The van der Waals surface area contributed by atoms with Crippen molar-refractivity contribution in [2.45, 2.75) is 0 Å². The molecule has 0 amide bonds. The fraction of sp³-hybridized carbons (Fsp3) is 0. The second-order valence-electron chi connectivity index (χ2n) is 0.918. The average molecular weight is 234 g/mol. The van der Waals surface area contributed by atoms with E-state index in [0.717, 1.165) is 0 Å². The van der Waals surface area contributed by atoms with Gasteiger partial charge in [-0.3, -0.25) is 0 Å². The molecule has 0 aromatic carbocycles. The summed E-state index contributed by atoms with van der Waals surface area (Å²) in [6, 6.07) is 0. The molecule has 0 saturated heterocycles. The van der Waals surface area contributed by atoms with Crippen molar-refractivity contribution in [2.24, 2.45) is 15.7 Å². The fourth-order valence-corrected chi connectivity index (χ4v) is 0.164. The third-order valence-electron chi connectivity index (χ3n) is 0.351. The van der Waals surface area contributed by atoms with Crippen molar-refractivity contribution in [1.82, 2.24) is 0 Å². The maximum absolute atomic E-state index is 6.08. The summed E-state index contributed by atoms with van der Waals surface area (Å²) in [6.07, 6.45) is 0. The lowest BCUT2D eigenvalue weighted by Gasteiger charge is -1.95. The van der Waals surface area contributed by atoms with E-state index in [2.05, 4.69) is 60.7 Å². The highest BCUT2D eigenvalue weighted by Gasteiger charge is 1.94. The maximum Gasteiger partial charge on any atom is 0.0906 e. The van der Waals surface area contributed by atoms with Crippen molar-refractivity contribution in [3.63, 3.8) is 0 Å². The Morgan fingerprint density at radius 2 is 1.43 bits per heavy atom. The zero-order valence-electron chi connectivity index (χ0n) is 6.09. The Labute approximate surface area is 76.9 Å². The Balaban J connectivity index is 2.91. The Hall–Kier alpha value is -0.890. The van der Waals surface area contributed by atoms with Gasteiger partial charge in [0, 0.05) is 34.8 Å². The molecule has 1 N–H and O–H groups in total. The topological polar surface area (TPSA) is 144 Å². The van der Waals surface area contributed by atoms with Gasteiger partial charge in [0.2, 0.25) is 0 Å². The van der Waals surface area contributed by atoms with Gasteiger partial charge in [-0.05, 0) is 20.3 Å². The Bertz CT molecular complexity index is 150. The smallest absolute Gasteiger partial charge is 0.0906 e. The van der Waals surface area contributed by atoms with Crippen LogP contribution < -0.4 is 0 Å². The van der Waals surface area contributed by atoms with E-state index in [1.54, 1.807) is 9.47 Å². The Morgan fingerprint density at radius 1 is 0.857 bits per heavy atom. The monoisotopic (exact) mass is 234 g/mol. The molecule has 0 bridgehead atoms. The molecule has 0 aliphatic rings. The number of nitrogens with one attached hydrogen (secondary N) is 1. The quantitative estimate of drug-likeness (QED) is 0.188. The van der Waals surface area contributed by atoms with E-state index in [9.17, 15) is 0 Å². The lowest BCUT2D eigenvalue weighted by molar-refractivity contribution is -0.827. The molecule has 82 valence electrons. The summed E-state index contributed by atoms with van der Waals surface area (Å²) in [5.74, 6) is 0. The molecule has 0 aromatic heterocycles. The predicted molar refractivity (Wildman–Crippen MR) is 29.5 cm³/mol. The van der Waals surface area contributed by atoms with Crippen molar-refractivity contribution in [3.05, 3.63) is 0 Å². The van der Waals surface area contributed by atoms with Crippen LogP contribution in [0.25, 0.3) is 0 Å². The van der Waals surface area contributed by atoms with Crippen molar-refractivity contribution in [3.8, 4) is 0 Å². The molecule has 13 nitrogen and oxygen atoms in total. The summed E-state index contributed by atoms with van der Waals surface area (Å²) in [4.78, 5) is 3.66. The molecule has 14 heavy (non-hydrogen) atoms. The van der Waals surface area contributed by atoms with Crippen molar-refractivity contribution >= 4 is 9.47 Å². The molecule has 0 rings (SSSR count). The van der Waals surface area contributed by atoms with Crippen LogP contribution in [0.3, 0.4) is 0 Å². The first kappa shape index (κ1) is 13.1. The van der Waals surface area contributed by atoms with Crippen LogP contribution in [-0.4, -0.2) is 0 Å². The highest BCUT2D eigenvalue weighted by molar-refractivity contribution is 7.09. The van der Waals surface area contributed by atoms with E-state index in [-0.39, 0.29) is 0 Å². The molecule has 0 saturated carbocycles. The maximum atomic E-state index is 6.08. The average Bonchev–Trinajstić information content (AvgIpc) is 2.21. The summed E-state index contributed by atoms with van der Waals surface area (Å²) < 4.78 is 3.80. The van der Waals surface area contributed by atoms with Gasteiger partial charge in [-0.15, -0.1) is 0 Å². The Kier molecular flexibility index (Phi) is 11.3. The van der Waals surface area contributed by atoms with Gasteiger partial charge in [-0.1, -0.05) is 0 Å². The Morgan fingerprint density at radius 3 is 2.00 bits per heavy atom. The van der Waals surface area contributed by atoms with E-state index in [1.165, 1.54) is 0 Å². The van der Waals surface area contributed by atoms with Gasteiger partial charge in [-0.25, -0.2) is 0 Å². The summed E-state index contributed by atoms with van der Waals surface area (Å²) in [6.45, 7) is 0. The lowest BCUT2D eigenvalue weighted by atomic mass is 12.6. The zero-order valence-corrected chi connectivity index (χ0v) is 7.25. The van der Waals surface area contributed by atoms with Crippen LogP contribution in [-0.2, 0) is 44.9 Å². The molecule has 1 atom stereocenters. The first-order valence-electron chi connectivity index (χ1n) is 2.38. The first-order chi connectivity index (χ1) is 6.91. The molecular weight excluding hydrogens is 231 g/mol. The molecule has 0 aromatic rings. The molecular formula is H3N4O9P. The van der Waals surface area contributed by atoms with Gasteiger partial charge in [0.25, 0.3) is 0 Å². The molecule has 1 unspecified atom stereocenters. The molecule has 0 spiro atoms. The SMILES string of the molecule is N=N/N=N/OOOOOOOOOP. The van der Waals surface area contributed by atoms with Crippen LogP contribution in [0.1, 0.15) is 0 Å². The van der Waals surface area contributed by atoms with Crippen molar-refractivity contribution in [2.75, 3.05) is 0 Å². The molecule has 14 heteroatoms. The normalized spacial score (nSPS) is 10.6. The van der Waals surface area contributed by atoms with Crippen LogP contribution in [0.5, 0.6) is 0 Å². The van der Waals surface area contributed by atoms with Crippen molar-refractivity contribution < 1.29 is 44.9 Å². The largest absolute Gasteiger partial charge is 0.189 e. The van der Waals surface area contributed by atoms with Crippen LogP contribution in [0.4, 0.5) is 0 Å². The molecule has 0 radical (unpaired) electrons. The van der Waals surface area contributed by atoms with Crippen LogP contribution >= 0.6 is 9.47 Å². The standard InChI is InChI=1S/H3N4O9P/c1-2-3-4-5-6-7-8-9-10-11-12-13-14/h1H,14H2/b2-1?,4-3+. The molecule has 0 aliphatic carbocycles. The van der Waals surface area contributed by atoms with Crippen LogP contribution in [0.2, 0.25) is 0 Å². The highest BCUT2D eigenvalue weighted by atomic mass is 31.0. The van der Waals surface area contributed by atoms with Gasteiger partial charge in [-0.2, -0.15) is 15.2 Å². The molecule has 0 fully saturated rings. The minimum Gasteiger partial charge on any atom is -0.189 e. The summed E-state index contributed by atoms with van der Waals surface area (Å²) >= 11 is 0. The molecule has 0 heterocycles. The van der Waals surface area contributed by atoms with Gasteiger partial charge in [0.05, 0.1) is 5.28 Å². The fourth-order valence-electron chi connectivity index (χ4n) is 0.132.